The van der Waals surface area contributed by atoms with E-state index in [-0.39, 0.29) is 5.56 Å². The molecule has 4 nitrogen and oxygen atoms in total. The molecular weight excluding hydrogens is 334 g/mol. The summed E-state index contributed by atoms with van der Waals surface area (Å²) in [6.07, 6.45) is 5.60. The second-order valence-electron chi connectivity index (χ2n) is 7.34. The molecule has 138 valence electrons. The van der Waals surface area contributed by atoms with Crippen molar-refractivity contribution in [1.82, 2.24) is 14.5 Å². The maximum atomic E-state index is 12.9. The predicted octanol–water partition coefficient (Wildman–Crippen LogP) is 3.82. The lowest BCUT2D eigenvalue weighted by Gasteiger charge is -2.32. The number of likely N-dealkylation sites (tertiary alicyclic amines) is 1. The van der Waals surface area contributed by atoms with Crippen LogP contribution in [0.2, 0.25) is 0 Å². The normalized spacial score (nSPS) is 15.7. The number of nitrogens with zero attached hydrogens (tertiary/aromatic N) is 3. The molecular formula is C23H25N3O. The summed E-state index contributed by atoms with van der Waals surface area (Å²) in [4.78, 5) is 19.7. The van der Waals surface area contributed by atoms with Crippen molar-refractivity contribution in [1.29, 1.82) is 0 Å². The van der Waals surface area contributed by atoms with Crippen LogP contribution in [0, 0.1) is 5.92 Å². The third kappa shape index (κ3) is 4.34. The summed E-state index contributed by atoms with van der Waals surface area (Å²) in [6.45, 7) is 3.93. The largest absolute Gasteiger partial charge is 0.299 e. The second-order valence-corrected chi connectivity index (χ2v) is 7.34. The molecule has 1 aliphatic rings. The Balaban J connectivity index is 1.39. The summed E-state index contributed by atoms with van der Waals surface area (Å²) in [5.74, 6) is 0.530. The fourth-order valence-corrected chi connectivity index (χ4v) is 3.84. The lowest BCUT2D eigenvalue weighted by Crippen LogP contribution is -2.36. The van der Waals surface area contributed by atoms with Crippen molar-refractivity contribution in [3.05, 3.63) is 89.1 Å². The number of benzene rings is 2. The van der Waals surface area contributed by atoms with E-state index >= 15 is 0 Å². The van der Waals surface area contributed by atoms with Crippen molar-refractivity contribution in [2.24, 2.45) is 5.92 Å². The number of hydrogen-bond donors (Lipinski definition) is 0. The van der Waals surface area contributed by atoms with Crippen molar-refractivity contribution in [2.45, 2.75) is 25.9 Å². The number of hydrogen-bond acceptors (Lipinski definition) is 3. The van der Waals surface area contributed by atoms with Gasteiger partial charge in [0.05, 0.1) is 11.9 Å². The highest BCUT2D eigenvalue weighted by atomic mass is 16.1. The molecule has 2 aromatic carbocycles. The van der Waals surface area contributed by atoms with E-state index in [2.05, 4.69) is 40.2 Å². The first-order valence-corrected chi connectivity index (χ1v) is 9.66. The molecule has 0 radical (unpaired) electrons. The maximum Gasteiger partial charge on any atom is 0.261 e. The minimum absolute atomic E-state index is 0.0583. The van der Waals surface area contributed by atoms with Crippen LogP contribution in [0.4, 0.5) is 0 Å². The van der Waals surface area contributed by atoms with Crippen LogP contribution in [0.25, 0.3) is 11.1 Å². The van der Waals surface area contributed by atoms with Crippen LogP contribution in [0.5, 0.6) is 0 Å². The highest BCUT2D eigenvalue weighted by Crippen LogP contribution is 2.21. The Bertz CT molecular complexity index is 913. The Labute approximate surface area is 160 Å². The van der Waals surface area contributed by atoms with Gasteiger partial charge in [-0.05, 0) is 43.0 Å². The van der Waals surface area contributed by atoms with Gasteiger partial charge in [0.25, 0.3) is 5.56 Å². The van der Waals surface area contributed by atoms with E-state index in [0.29, 0.717) is 11.5 Å². The van der Waals surface area contributed by atoms with E-state index in [1.54, 1.807) is 17.1 Å². The van der Waals surface area contributed by atoms with Gasteiger partial charge in [0.15, 0.2) is 0 Å². The predicted molar refractivity (Wildman–Crippen MR) is 108 cm³/mol. The van der Waals surface area contributed by atoms with Crippen LogP contribution in [0.3, 0.4) is 0 Å². The SMILES string of the molecule is O=c1c(-c2ccccc2)cncn1CC1CCN(Cc2ccccc2)CC1. The van der Waals surface area contributed by atoms with Gasteiger partial charge in [0.2, 0.25) is 0 Å². The standard InChI is InChI=1S/C23H25N3O/c27-23-22(21-9-5-2-6-10-21)15-24-18-26(23)17-20-11-13-25(14-12-20)16-19-7-3-1-4-8-19/h1-10,15,18,20H,11-14,16-17H2. The van der Waals surface area contributed by atoms with Crippen LogP contribution in [-0.2, 0) is 13.1 Å². The molecule has 4 heteroatoms. The molecule has 1 aromatic heterocycles. The van der Waals surface area contributed by atoms with Crippen molar-refractivity contribution in [3.63, 3.8) is 0 Å². The Hall–Kier alpha value is -2.72. The summed E-state index contributed by atoms with van der Waals surface area (Å²) < 4.78 is 1.79. The topological polar surface area (TPSA) is 38.1 Å². The number of aromatic nitrogens is 2. The zero-order chi connectivity index (χ0) is 18.5. The smallest absolute Gasteiger partial charge is 0.261 e. The molecule has 1 aliphatic heterocycles. The first kappa shape index (κ1) is 17.7. The van der Waals surface area contributed by atoms with Crippen LogP contribution >= 0.6 is 0 Å². The van der Waals surface area contributed by atoms with Gasteiger partial charge in [0, 0.05) is 19.3 Å². The third-order valence-corrected chi connectivity index (χ3v) is 5.40. The van der Waals surface area contributed by atoms with Crippen LogP contribution in [0.15, 0.2) is 78.0 Å². The average Bonchev–Trinajstić information content (AvgIpc) is 2.72. The summed E-state index contributed by atoms with van der Waals surface area (Å²) in [6, 6.07) is 20.4. The first-order chi connectivity index (χ1) is 13.3. The monoisotopic (exact) mass is 359 g/mol. The maximum absolute atomic E-state index is 12.9. The molecule has 1 saturated heterocycles. The Morgan fingerprint density at radius 2 is 1.59 bits per heavy atom. The minimum atomic E-state index is 0.0583. The van der Waals surface area contributed by atoms with Crippen LogP contribution < -0.4 is 5.56 Å². The molecule has 1 fully saturated rings. The molecule has 2 heterocycles. The van der Waals surface area contributed by atoms with Gasteiger partial charge in [0.1, 0.15) is 0 Å². The lowest BCUT2D eigenvalue weighted by molar-refractivity contribution is 0.166. The van der Waals surface area contributed by atoms with Crippen molar-refractivity contribution in [3.8, 4) is 11.1 Å². The quantitative estimate of drug-likeness (QED) is 0.695. The van der Waals surface area contributed by atoms with E-state index < -0.39 is 0 Å². The molecule has 0 unspecified atom stereocenters. The van der Waals surface area contributed by atoms with Crippen LogP contribution in [-0.4, -0.2) is 27.5 Å². The average molecular weight is 359 g/mol. The summed E-state index contributed by atoms with van der Waals surface area (Å²) in [5, 5.41) is 0. The van der Waals surface area contributed by atoms with Gasteiger partial charge in [-0.3, -0.25) is 14.3 Å². The van der Waals surface area contributed by atoms with Gasteiger partial charge in [-0.15, -0.1) is 0 Å². The molecule has 0 saturated carbocycles. The molecule has 3 aromatic rings. The highest BCUT2D eigenvalue weighted by molar-refractivity contribution is 5.60. The highest BCUT2D eigenvalue weighted by Gasteiger charge is 2.20. The lowest BCUT2D eigenvalue weighted by atomic mass is 9.96. The zero-order valence-corrected chi connectivity index (χ0v) is 15.5. The van der Waals surface area contributed by atoms with E-state index in [9.17, 15) is 4.79 Å². The van der Waals surface area contributed by atoms with Gasteiger partial charge in [-0.25, -0.2) is 4.98 Å². The van der Waals surface area contributed by atoms with Gasteiger partial charge in [-0.2, -0.15) is 0 Å². The molecule has 0 spiro atoms. The van der Waals surface area contributed by atoms with Crippen molar-refractivity contribution >= 4 is 0 Å². The minimum Gasteiger partial charge on any atom is -0.299 e. The Morgan fingerprint density at radius 3 is 2.30 bits per heavy atom. The molecule has 0 aliphatic carbocycles. The van der Waals surface area contributed by atoms with Gasteiger partial charge >= 0.3 is 0 Å². The fraction of sp³-hybridized carbons (Fsp3) is 0.304. The Morgan fingerprint density at radius 1 is 0.926 bits per heavy atom. The molecule has 0 N–H and O–H groups in total. The zero-order valence-electron chi connectivity index (χ0n) is 15.5. The van der Waals surface area contributed by atoms with Gasteiger partial charge < -0.3 is 0 Å². The first-order valence-electron chi connectivity index (χ1n) is 9.66. The molecule has 0 bridgehead atoms. The third-order valence-electron chi connectivity index (χ3n) is 5.40. The number of piperidine rings is 1. The summed E-state index contributed by atoms with van der Waals surface area (Å²) in [5.41, 5.74) is 3.04. The van der Waals surface area contributed by atoms with E-state index in [1.165, 1.54) is 5.56 Å². The van der Waals surface area contributed by atoms with Crippen molar-refractivity contribution in [2.75, 3.05) is 13.1 Å². The van der Waals surface area contributed by atoms with E-state index in [1.807, 2.05) is 30.3 Å². The van der Waals surface area contributed by atoms with E-state index in [4.69, 9.17) is 0 Å². The van der Waals surface area contributed by atoms with Crippen LogP contribution in [0.1, 0.15) is 18.4 Å². The molecule has 27 heavy (non-hydrogen) atoms. The Kier molecular flexibility index (Phi) is 5.45. The molecule has 4 rings (SSSR count). The van der Waals surface area contributed by atoms with Gasteiger partial charge in [-0.1, -0.05) is 60.7 Å². The molecule has 0 amide bonds. The van der Waals surface area contributed by atoms with Crippen molar-refractivity contribution < 1.29 is 0 Å². The fourth-order valence-electron chi connectivity index (χ4n) is 3.84. The summed E-state index contributed by atoms with van der Waals surface area (Å²) in [7, 11) is 0. The van der Waals surface area contributed by atoms with E-state index in [0.717, 1.165) is 44.6 Å². The second kappa shape index (κ2) is 8.31. The molecule has 0 atom stereocenters. The summed E-state index contributed by atoms with van der Waals surface area (Å²) >= 11 is 0. The number of rotatable bonds is 5.